The fourth-order valence-electron chi connectivity index (χ4n) is 3.50. The Balaban J connectivity index is 1.43. The lowest BCUT2D eigenvalue weighted by Crippen LogP contribution is -2.46. The van der Waals surface area contributed by atoms with Gasteiger partial charge in [0.15, 0.2) is 0 Å². The number of benzene rings is 1. The van der Waals surface area contributed by atoms with E-state index in [4.69, 9.17) is 4.74 Å². The lowest BCUT2D eigenvalue weighted by Gasteiger charge is -2.35. The molecule has 1 fully saturated rings. The molecule has 4 rings (SSSR count). The van der Waals surface area contributed by atoms with Gasteiger partial charge in [-0.3, -0.25) is 4.90 Å². The van der Waals surface area contributed by atoms with Crippen LogP contribution in [0.4, 0.5) is 5.82 Å². The van der Waals surface area contributed by atoms with Crippen LogP contribution in [0.25, 0.3) is 16.3 Å². The lowest BCUT2D eigenvalue weighted by molar-refractivity contribution is 0.0529. The van der Waals surface area contributed by atoms with Gasteiger partial charge in [0.25, 0.3) is 0 Å². The van der Waals surface area contributed by atoms with E-state index in [0.29, 0.717) is 12.2 Å². The Morgan fingerprint density at radius 3 is 2.72 bits per heavy atom. The molecule has 0 spiro atoms. The standard InChI is InChI=1S/C22H24N4O2S/c1-2-28-22(27)18-15-29-21-19(18)20(23-16-24-21)26-13-11-25(12-14-26)10-6-9-17-7-4-3-5-8-17/h3-9,15-16H,2,10-14H2,1H3/b9-6+. The second-order valence-electron chi connectivity index (χ2n) is 6.85. The highest BCUT2D eigenvalue weighted by Crippen LogP contribution is 2.32. The predicted octanol–water partition coefficient (Wildman–Crippen LogP) is 3.70. The fourth-order valence-corrected chi connectivity index (χ4v) is 4.37. The number of esters is 1. The SMILES string of the molecule is CCOC(=O)c1csc2ncnc(N3CCN(C/C=C/c4ccccc4)CC3)c12. The summed E-state index contributed by atoms with van der Waals surface area (Å²) in [7, 11) is 0. The number of carbonyl (C=O) groups is 1. The molecule has 0 bridgehead atoms. The Bertz CT molecular complexity index is 994. The first kappa shape index (κ1) is 19.5. The molecule has 0 aliphatic carbocycles. The molecule has 7 heteroatoms. The van der Waals surface area contributed by atoms with Crippen molar-refractivity contribution in [2.75, 3.05) is 44.2 Å². The van der Waals surface area contributed by atoms with Gasteiger partial charge in [-0.05, 0) is 12.5 Å². The lowest BCUT2D eigenvalue weighted by atomic mass is 10.2. The summed E-state index contributed by atoms with van der Waals surface area (Å²) in [5.41, 5.74) is 1.79. The maximum atomic E-state index is 12.3. The first-order chi connectivity index (χ1) is 14.3. The number of anilines is 1. The second-order valence-corrected chi connectivity index (χ2v) is 7.71. The van der Waals surface area contributed by atoms with Crippen LogP contribution in [-0.2, 0) is 4.74 Å². The van der Waals surface area contributed by atoms with Crippen molar-refractivity contribution in [2.45, 2.75) is 6.92 Å². The number of fused-ring (bicyclic) bond motifs is 1. The van der Waals surface area contributed by atoms with Gasteiger partial charge in [-0.25, -0.2) is 14.8 Å². The van der Waals surface area contributed by atoms with Gasteiger partial charge < -0.3 is 9.64 Å². The summed E-state index contributed by atoms with van der Waals surface area (Å²) in [6.45, 7) is 6.72. The predicted molar refractivity (Wildman–Crippen MR) is 118 cm³/mol. The Morgan fingerprint density at radius 2 is 1.97 bits per heavy atom. The van der Waals surface area contributed by atoms with E-state index in [1.54, 1.807) is 6.33 Å². The number of ether oxygens (including phenoxy) is 1. The van der Waals surface area contributed by atoms with Crippen LogP contribution >= 0.6 is 11.3 Å². The molecule has 150 valence electrons. The minimum atomic E-state index is -0.306. The average molecular weight is 409 g/mol. The van der Waals surface area contributed by atoms with Crippen molar-refractivity contribution in [3.63, 3.8) is 0 Å². The van der Waals surface area contributed by atoms with Crippen LogP contribution in [0.2, 0.25) is 0 Å². The molecule has 3 heterocycles. The van der Waals surface area contributed by atoms with Crippen LogP contribution in [0.3, 0.4) is 0 Å². The van der Waals surface area contributed by atoms with Crippen LogP contribution in [0, 0.1) is 0 Å². The molecule has 29 heavy (non-hydrogen) atoms. The zero-order valence-electron chi connectivity index (χ0n) is 16.5. The summed E-state index contributed by atoms with van der Waals surface area (Å²) >= 11 is 1.46. The molecular formula is C22H24N4O2S. The summed E-state index contributed by atoms with van der Waals surface area (Å²) in [6.07, 6.45) is 5.96. The summed E-state index contributed by atoms with van der Waals surface area (Å²) in [6, 6.07) is 10.3. The van der Waals surface area contributed by atoms with Crippen molar-refractivity contribution < 1.29 is 9.53 Å². The van der Waals surface area contributed by atoms with E-state index in [1.165, 1.54) is 16.9 Å². The molecule has 0 N–H and O–H groups in total. The van der Waals surface area contributed by atoms with Crippen molar-refractivity contribution >= 4 is 39.4 Å². The molecule has 0 saturated carbocycles. The number of hydrogen-bond donors (Lipinski definition) is 0. The van der Waals surface area contributed by atoms with Gasteiger partial charge in [0, 0.05) is 38.1 Å². The molecule has 0 amide bonds. The minimum absolute atomic E-state index is 0.306. The number of thiophene rings is 1. The minimum Gasteiger partial charge on any atom is -0.462 e. The largest absolute Gasteiger partial charge is 0.462 e. The zero-order valence-corrected chi connectivity index (χ0v) is 17.3. The Kier molecular flexibility index (Phi) is 6.17. The molecule has 1 saturated heterocycles. The van der Waals surface area contributed by atoms with Gasteiger partial charge in [0.05, 0.1) is 17.6 Å². The molecule has 0 atom stereocenters. The van der Waals surface area contributed by atoms with Crippen LogP contribution in [0.5, 0.6) is 0 Å². The van der Waals surface area contributed by atoms with E-state index in [9.17, 15) is 4.79 Å². The van der Waals surface area contributed by atoms with E-state index in [2.05, 4.69) is 56.2 Å². The highest BCUT2D eigenvalue weighted by atomic mass is 32.1. The Morgan fingerprint density at radius 1 is 1.17 bits per heavy atom. The number of hydrogen-bond acceptors (Lipinski definition) is 7. The summed E-state index contributed by atoms with van der Waals surface area (Å²) in [4.78, 5) is 26.7. The highest BCUT2D eigenvalue weighted by molar-refractivity contribution is 7.17. The molecule has 6 nitrogen and oxygen atoms in total. The Labute approximate surface area is 174 Å². The third-order valence-electron chi connectivity index (χ3n) is 4.99. The van der Waals surface area contributed by atoms with E-state index in [0.717, 1.165) is 48.8 Å². The third kappa shape index (κ3) is 4.46. The molecule has 1 aliphatic rings. The third-order valence-corrected chi connectivity index (χ3v) is 5.88. The monoisotopic (exact) mass is 408 g/mol. The summed E-state index contributed by atoms with van der Waals surface area (Å²) < 4.78 is 5.21. The first-order valence-corrected chi connectivity index (χ1v) is 10.7. The fraction of sp³-hybridized carbons (Fsp3) is 0.318. The summed E-state index contributed by atoms with van der Waals surface area (Å²) in [5.74, 6) is 0.526. The number of aromatic nitrogens is 2. The van der Waals surface area contributed by atoms with Crippen molar-refractivity contribution in [1.29, 1.82) is 0 Å². The van der Waals surface area contributed by atoms with Crippen molar-refractivity contribution in [3.05, 3.63) is 59.2 Å². The normalized spacial score (nSPS) is 15.3. The molecular weight excluding hydrogens is 384 g/mol. The highest BCUT2D eigenvalue weighted by Gasteiger charge is 2.24. The van der Waals surface area contributed by atoms with Gasteiger partial charge in [0.1, 0.15) is 17.0 Å². The molecule has 1 aromatic carbocycles. The first-order valence-electron chi connectivity index (χ1n) is 9.84. The van der Waals surface area contributed by atoms with Gasteiger partial charge in [0.2, 0.25) is 0 Å². The van der Waals surface area contributed by atoms with Crippen LogP contribution in [0.1, 0.15) is 22.8 Å². The van der Waals surface area contributed by atoms with E-state index >= 15 is 0 Å². The topological polar surface area (TPSA) is 58.6 Å². The van der Waals surface area contributed by atoms with Crippen molar-refractivity contribution in [1.82, 2.24) is 14.9 Å². The van der Waals surface area contributed by atoms with Crippen molar-refractivity contribution in [2.24, 2.45) is 0 Å². The Hall–Kier alpha value is -2.77. The quantitative estimate of drug-likeness (QED) is 0.580. The molecule has 3 aromatic rings. The maximum Gasteiger partial charge on any atom is 0.339 e. The van der Waals surface area contributed by atoms with Gasteiger partial charge in [-0.2, -0.15) is 0 Å². The number of piperazine rings is 1. The van der Waals surface area contributed by atoms with Crippen molar-refractivity contribution in [3.8, 4) is 0 Å². The average Bonchev–Trinajstić information content (AvgIpc) is 3.20. The van der Waals surface area contributed by atoms with Gasteiger partial charge in [-0.15, -0.1) is 11.3 Å². The second kappa shape index (κ2) is 9.15. The van der Waals surface area contributed by atoms with Gasteiger partial charge >= 0.3 is 5.97 Å². The number of rotatable bonds is 6. The summed E-state index contributed by atoms with van der Waals surface area (Å²) in [5, 5.41) is 2.64. The van der Waals surface area contributed by atoms with Crippen LogP contribution in [-0.4, -0.2) is 60.2 Å². The number of carbonyl (C=O) groups excluding carboxylic acids is 1. The molecule has 1 aliphatic heterocycles. The van der Waals surface area contributed by atoms with Gasteiger partial charge in [-0.1, -0.05) is 42.5 Å². The number of nitrogens with zero attached hydrogens (tertiary/aromatic N) is 4. The maximum absolute atomic E-state index is 12.3. The molecule has 2 aromatic heterocycles. The molecule has 0 radical (unpaired) electrons. The smallest absolute Gasteiger partial charge is 0.339 e. The van der Waals surface area contributed by atoms with E-state index in [1.807, 2.05) is 18.4 Å². The van der Waals surface area contributed by atoms with Crippen LogP contribution < -0.4 is 4.90 Å². The molecule has 0 unspecified atom stereocenters. The van der Waals surface area contributed by atoms with E-state index in [-0.39, 0.29) is 5.97 Å². The van der Waals surface area contributed by atoms with E-state index < -0.39 is 0 Å². The van der Waals surface area contributed by atoms with Crippen LogP contribution in [0.15, 0.2) is 48.1 Å². The zero-order chi connectivity index (χ0) is 20.1.